The van der Waals surface area contributed by atoms with Crippen LogP contribution in [-0.2, 0) is 5.75 Å². The molecule has 0 aliphatic rings. The van der Waals surface area contributed by atoms with Gasteiger partial charge in [0.1, 0.15) is 16.0 Å². The van der Waals surface area contributed by atoms with Crippen LogP contribution in [0.1, 0.15) is 35.3 Å². The largest absolute Gasteiger partial charge is 0.244 e. The monoisotopic (exact) mass is 212 g/mol. The third-order valence-corrected chi connectivity index (χ3v) is 3.33. The molecule has 0 fully saturated rings. The zero-order valence-electron chi connectivity index (χ0n) is 8.00. The maximum atomic E-state index is 8.86. The summed E-state index contributed by atoms with van der Waals surface area (Å²) in [5.74, 6) is 1.26. The molecule has 1 heterocycles. The van der Waals surface area contributed by atoms with E-state index in [0.717, 1.165) is 21.3 Å². The van der Waals surface area contributed by atoms with E-state index in [1.165, 1.54) is 11.3 Å². The first-order valence-corrected chi connectivity index (χ1v) is 6.28. The number of hydrogen-bond acceptors (Lipinski definition) is 4. The van der Waals surface area contributed by atoms with Gasteiger partial charge in [-0.25, -0.2) is 4.98 Å². The van der Waals surface area contributed by atoms with Gasteiger partial charge in [0.05, 0.1) is 5.69 Å². The second kappa shape index (κ2) is 4.64. The van der Waals surface area contributed by atoms with Crippen molar-refractivity contribution in [2.75, 3.05) is 6.26 Å². The van der Waals surface area contributed by atoms with Gasteiger partial charge >= 0.3 is 0 Å². The predicted octanol–water partition coefficient (Wildman–Crippen LogP) is 3.00. The molecule has 1 rings (SSSR count). The SMILES string of the molecule is CSCc1nc(C(C)C)c(C#N)s1. The molecule has 0 atom stereocenters. The topological polar surface area (TPSA) is 36.7 Å². The Morgan fingerprint density at radius 1 is 1.62 bits per heavy atom. The van der Waals surface area contributed by atoms with E-state index in [2.05, 4.69) is 24.9 Å². The van der Waals surface area contributed by atoms with Gasteiger partial charge in [0.2, 0.25) is 0 Å². The first kappa shape index (κ1) is 10.6. The molecule has 1 aromatic rings. The number of hydrogen-bond donors (Lipinski definition) is 0. The molecule has 0 unspecified atom stereocenters. The number of nitrogens with zero attached hydrogens (tertiary/aromatic N) is 2. The maximum absolute atomic E-state index is 8.86. The lowest BCUT2D eigenvalue weighted by molar-refractivity contribution is 0.824. The summed E-state index contributed by atoms with van der Waals surface area (Å²) >= 11 is 3.26. The van der Waals surface area contributed by atoms with E-state index in [0.29, 0.717) is 5.92 Å². The fourth-order valence-electron chi connectivity index (χ4n) is 1.03. The van der Waals surface area contributed by atoms with E-state index < -0.39 is 0 Å². The van der Waals surface area contributed by atoms with Crippen molar-refractivity contribution in [1.29, 1.82) is 5.26 Å². The number of thiazole rings is 1. The summed E-state index contributed by atoms with van der Waals surface area (Å²) in [6.45, 7) is 4.14. The Balaban J connectivity index is 2.99. The van der Waals surface area contributed by atoms with Crippen LogP contribution in [0.5, 0.6) is 0 Å². The fraction of sp³-hybridized carbons (Fsp3) is 0.556. The van der Waals surface area contributed by atoms with E-state index in [-0.39, 0.29) is 0 Å². The maximum Gasteiger partial charge on any atom is 0.128 e. The second-order valence-corrected chi connectivity index (χ2v) is 4.97. The van der Waals surface area contributed by atoms with Gasteiger partial charge in [0.15, 0.2) is 0 Å². The molecule has 0 saturated heterocycles. The Morgan fingerprint density at radius 3 is 2.69 bits per heavy atom. The molecule has 4 heteroatoms. The molecule has 0 saturated carbocycles. The smallest absolute Gasteiger partial charge is 0.128 e. The molecule has 1 aromatic heterocycles. The highest BCUT2D eigenvalue weighted by Gasteiger charge is 2.12. The molecule has 0 amide bonds. The first-order valence-electron chi connectivity index (χ1n) is 4.07. The molecule has 0 aliphatic heterocycles. The van der Waals surface area contributed by atoms with Gasteiger partial charge < -0.3 is 0 Å². The molecular weight excluding hydrogens is 200 g/mol. The van der Waals surface area contributed by atoms with Gasteiger partial charge in [0.25, 0.3) is 0 Å². The fourth-order valence-corrected chi connectivity index (χ4v) is 2.75. The van der Waals surface area contributed by atoms with Crippen LogP contribution in [0, 0.1) is 11.3 Å². The van der Waals surface area contributed by atoms with Crippen molar-refractivity contribution in [3.8, 4) is 6.07 Å². The highest BCUT2D eigenvalue weighted by molar-refractivity contribution is 7.97. The molecule has 0 spiro atoms. The lowest BCUT2D eigenvalue weighted by atomic mass is 10.1. The van der Waals surface area contributed by atoms with E-state index in [9.17, 15) is 0 Å². The first-order chi connectivity index (χ1) is 6.19. The van der Waals surface area contributed by atoms with Crippen molar-refractivity contribution in [2.24, 2.45) is 0 Å². The Labute approximate surface area is 87.0 Å². The molecule has 0 radical (unpaired) electrons. The zero-order chi connectivity index (χ0) is 9.84. The van der Waals surface area contributed by atoms with Crippen LogP contribution >= 0.6 is 23.1 Å². The minimum atomic E-state index is 0.349. The van der Waals surface area contributed by atoms with Gasteiger partial charge in [-0.2, -0.15) is 17.0 Å². The standard InChI is InChI=1S/C9H12N2S2/c1-6(2)9-7(4-10)13-8(11-9)5-12-3/h6H,5H2,1-3H3. The molecule has 0 N–H and O–H groups in total. The zero-order valence-corrected chi connectivity index (χ0v) is 9.63. The summed E-state index contributed by atoms with van der Waals surface area (Å²) in [6.07, 6.45) is 2.04. The number of rotatable bonds is 3. The summed E-state index contributed by atoms with van der Waals surface area (Å²) in [4.78, 5) is 5.22. The predicted molar refractivity (Wildman–Crippen MR) is 58.1 cm³/mol. The average Bonchev–Trinajstić information content (AvgIpc) is 2.48. The summed E-state index contributed by atoms with van der Waals surface area (Å²) in [7, 11) is 0. The van der Waals surface area contributed by atoms with E-state index in [4.69, 9.17) is 5.26 Å². The molecule has 2 nitrogen and oxygen atoms in total. The second-order valence-electron chi connectivity index (χ2n) is 3.02. The van der Waals surface area contributed by atoms with Crippen molar-refractivity contribution >= 4 is 23.1 Å². The highest BCUT2D eigenvalue weighted by atomic mass is 32.2. The lowest BCUT2D eigenvalue weighted by Crippen LogP contribution is -1.90. The van der Waals surface area contributed by atoms with E-state index in [1.54, 1.807) is 11.8 Å². The van der Waals surface area contributed by atoms with Gasteiger partial charge in [-0.3, -0.25) is 0 Å². The van der Waals surface area contributed by atoms with Crippen molar-refractivity contribution in [3.05, 3.63) is 15.6 Å². The van der Waals surface area contributed by atoms with Crippen molar-refractivity contribution in [3.63, 3.8) is 0 Å². The van der Waals surface area contributed by atoms with Crippen LogP contribution in [0.15, 0.2) is 0 Å². The third kappa shape index (κ3) is 2.45. The Hall–Kier alpha value is -0.530. The van der Waals surface area contributed by atoms with Gasteiger partial charge in [-0.1, -0.05) is 13.8 Å². The molecule has 13 heavy (non-hydrogen) atoms. The van der Waals surface area contributed by atoms with Gasteiger partial charge in [0, 0.05) is 5.75 Å². The third-order valence-electron chi connectivity index (χ3n) is 1.61. The Morgan fingerprint density at radius 2 is 2.31 bits per heavy atom. The van der Waals surface area contributed by atoms with Crippen LogP contribution in [0.2, 0.25) is 0 Å². The molecule has 0 bridgehead atoms. The van der Waals surface area contributed by atoms with Crippen LogP contribution in [0.4, 0.5) is 0 Å². The van der Waals surface area contributed by atoms with Crippen molar-refractivity contribution in [1.82, 2.24) is 4.98 Å². The molecule has 0 aromatic carbocycles. The highest BCUT2D eigenvalue weighted by Crippen LogP contribution is 2.26. The number of thioether (sulfide) groups is 1. The van der Waals surface area contributed by atoms with Gasteiger partial charge in [-0.05, 0) is 12.2 Å². The summed E-state index contributed by atoms with van der Waals surface area (Å²) in [6, 6.07) is 2.20. The normalized spacial score (nSPS) is 10.4. The van der Waals surface area contributed by atoms with Crippen LogP contribution in [0.3, 0.4) is 0 Å². The Bertz CT molecular complexity index is 323. The summed E-state index contributed by atoms with van der Waals surface area (Å²) < 4.78 is 0. The number of aromatic nitrogens is 1. The van der Waals surface area contributed by atoms with Crippen LogP contribution < -0.4 is 0 Å². The molecule has 0 aliphatic carbocycles. The lowest BCUT2D eigenvalue weighted by Gasteiger charge is -1.98. The minimum Gasteiger partial charge on any atom is -0.244 e. The summed E-state index contributed by atoms with van der Waals surface area (Å²) in [5.41, 5.74) is 0.955. The Kier molecular flexibility index (Phi) is 3.76. The number of nitriles is 1. The molecular formula is C9H12N2S2. The van der Waals surface area contributed by atoms with E-state index >= 15 is 0 Å². The van der Waals surface area contributed by atoms with Gasteiger partial charge in [-0.15, -0.1) is 11.3 Å². The average molecular weight is 212 g/mol. The van der Waals surface area contributed by atoms with E-state index in [1.807, 2.05) is 6.26 Å². The van der Waals surface area contributed by atoms with Crippen molar-refractivity contribution in [2.45, 2.75) is 25.5 Å². The summed E-state index contributed by atoms with van der Waals surface area (Å²) in [5, 5.41) is 9.93. The quantitative estimate of drug-likeness (QED) is 0.773. The van der Waals surface area contributed by atoms with Crippen LogP contribution in [0.25, 0.3) is 0 Å². The van der Waals surface area contributed by atoms with Crippen molar-refractivity contribution < 1.29 is 0 Å². The minimum absolute atomic E-state index is 0.349. The molecule has 70 valence electrons. The van der Waals surface area contributed by atoms with Crippen LogP contribution in [-0.4, -0.2) is 11.2 Å².